The van der Waals surface area contributed by atoms with Crippen LogP contribution in [-0.4, -0.2) is 19.7 Å². The number of thiazole rings is 1. The Morgan fingerprint density at radius 2 is 2.00 bits per heavy atom. The molecule has 1 aliphatic rings. The maximum Gasteiger partial charge on any atom is 0.433 e. The number of fused-ring (bicyclic) bond motifs is 1. The normalized spacial score (nSPS) is 17.5. The largest absolute Gasteiger partial charge is 0.433 e. The van der Waals surface area contributed by atoms with E-state index in [9.17, 15) is 13.2 Å². The lowest BCUT2D eigenvalue weighted by molar-refractivity contribution is -0.143. The van der Waals surface area contributed by atoms with Crippen molar-refractivity contribution in [1.29, 1.82) is 0 Å². The summed E-state index contributed by atoms with van der Waals surface area (Å²) >= 11 is 1.16. The Balaban J connectivity index is 1.82. The molecular weight excluding hydrogens is 349 g/mol. The number of alkyl halides is 3. The Bertz CT molecular complexity index is 899. The summed E-state index contributed by atoms with van der Waals surface area (Å²) in [5.74, 6) is 0.231. The van der Waals surface area contributed by atoms with Crippen molar-refractivity contribution in [1.82, 2.24) is 19.7 Å². The van der Waals surface area contributed by atoms with Gasteiger partial charge in [0.15, 0.2) is 5.69 Å². The molecule has 130 valence electrons. The van der Waals surface area contributed by atoms with Gasteiger partial charge in [0.2, 0.25) is 5.13 Å². The molecule has 8 heteroatoms. The van der Waals surface area contributed by atoms with E-state index in [1.54, 1.807) is 29.9 Å². The SMILES string of the molecule is C[C@H]1CCc2nn(-c3nc(-c4ccncc4)cs3)c(C(F)(F)F)c2C1. The monoisotopic (exact) mass is 364 g/mol. The minimum atomic E-state index is -4.46. The highest BCUT2D eigenvalue weighted by Gasteiger charge is 2.42. The van der Waals surface area contributed by atoms with Crippen molar-refractivity contribution in [2.45, 2.75) is 32.4 Å². The van der Waals surface area contributed by atoms with Crippen LogP contribution in [0.5, 0.6) is 0 Å². The first-order valence-corrected chi connectivity index (χ1v) is 8.85. The van der Waals surface area contributed by atoms with Crippen LogP contribution in [0.1, 0.15) is 30.3 Å². The average Bonchev–Trinajstić information content (AvgIpc) is 3.19. The molecule has 0 saturated heterocycles. The summed E-state index contributed by atoms with van der Waals surface area (Å²) in [6.07, 6.45) is 0.649. The zero-order chi connectivity index (χ0) is 17.6. The maximum absolute atomic E-state index is 13.7. The fourth-order valence-corrected chi connectivity index (χ4v) is 3.98. The van der Waals surface area contributed by atoms with Crippen molar-refractivity contribution in [2.75, 3.05) is 0 Å². The maximum atomic E-state index is 13.7. The van der Waals surface area contributed by atoms with Crippen LogP contribution in [0.15, 0.2) is 29.9 Å². The second-order valence-corrected chi connectivity index (χ2v) is 7.12. The number of pyridine rings is 1. The van der Waals surface area contributed by atoms with Crippen LogP contribution >= 0.6 is 11.3 Å². The van der Waals surface area contributed by atoms with Gasteiger partial charge in [0.1, 0.15) is 0 Å². The number of nitrogens with zero attached hydrogens (tertiary/aromatic N) is 4. The molecule has 0 fully saturated rings. The molecule has 3 heterocycles. The van der Waals surface area contributed by atoms with E-state index in [1.807, 2.05) is 6.92 Å². The van der Waals surface area contributed by atoms with Gasteiger partial charge in [-0.2, -0.15) is 18.3 Å². The summed E-state index contributed by atoms with van der Waals surface area (Å²) in [7, 11) is 0. The summed E-state index contributed by atoms with van der Waals surface area (Å²) in [6.45, 7) is 1.98. The topological polar surface area (TPSA) is 43.6 Å². The van der Waals surface area contributed by atoms with Crippen molar-refractivity contribution >= 4 is 11.3 Å². The van der Waals surface area contributed by atoms with Crippen molar-refractivity contribution in [3.05, 3.63) is 46.9 Å². The third-order valence-corrected chi connectivity index (χ3v) is 5.23. The molecule has 25 heavy (non-hydrogen) atoms. The molecule has 0 amide bonds. The minimum absolute atomic E-state index is 0.231. The minimum Gasteiger partial charge on any atom is -0.265 e. The lowest BCUT2D eigenvalue weighted by Crippen LogP contribution is -2.18. The smallest absolute Gasteiger partial charge is 0.265 e. The van der Waals surface area contributed by atoms with Gasteiger partial charge in [-0.1, -0.05) is 6.92 Å². The number of halogens is 3. The first-order chi connectivity index (χ1) is 11.9. The van der Waals surface area contributed by atoms with Crippen LogP contribution in [0.25, 0.3) is 16.4 Å². The average molecular weight is 364 g/mol. The summed E-state index contributed by atoms with van der Waals surface area (Å²) in [5.41, 5.74) is 1.64. The quantitative estimate of drug-likeness (QED) is 0.671. The van der Waals surface area contributed by atoms with E-state index in [-0.39, 0.29) is 11.0 Å². The second kappa shape index (κ2) is 5.94. The van der Waals surface area contributed by atoms with Crippen LogP contribution in [0.3, 0.4) is 0 Å². The predicted octanol–water partition coefficient (Wildman–Crippen LogP) is 4.53. The van der Waals surface area contributed by atoms with Crippen molar-refractivity contribution < 1.29 is 13.2 Å². The second-order valence-electron chi connectivity index (χ2n) is 6.28. The van der Waals surface area contributed by atoms with Crippen molar-refractivity contribution in [3.63, 3.8) is 0 Å². The summed E-state index contributed by atoms with van der Waals surface area (Å²) in [4.78, 5) is 8.32. The van der Waals surface area contributed by atoms with E-state index in [2.05, 4.69) is 15.1 Å². The Morgan fingerprint density at radius 1 is 1.24 bits per heavy atom. The van der Waals surface area contributed by atoms with Crippen LogP contribution in [0.4, 0.5) is 13.2 Å². The van der Waals surface area contributed by atoms with Crippen LogP contribution in [-0.2, 0) is 19.0 Å². The van der Waals surface area contributed by atoms with Crippen molar-refractivity contribution in [2.24, 2.45) is 5.92 Å². The molecule has 4 nitrogen and oxygen atoms in total. The van der Waals surface area contributed by atoms with Gasteiger partial charge in [-0.05, 0) is 37.3 Å². The van der Waals surface area contributed by atoms with E-state index < -0.39 is 11.9 Å². The molecule has 0 saturated carbocycles. The molecule has 0 bridgehead atoms. The molecule has 0 aliphatic heterocycles. The summed E-state index contributed by atoms with van der Waals surface area (Å²) in [6, 6.07) is 3.55. The van der Waals surface area contributed by atoms with Gasteiger partial charge in [-0.25, -0.2) is 9.67 Å². The van der Waals surface area contributed by atoms with E-state index in [0.717, 1.165) is 28.0 Å². The first-order valence-electron chi connectivity index (χ1n) is 7.97. The Labute approximate surface area is 146 Å². The van der Waals surface area contributed by atoms with E-state index in [0.29, 0.717) is 29.8 Å². The van der Waals surface area contributed by atoms with E-state index in [4.69, 9.17) is 0 Å². The van der Waals surface area contributed by atoms with Gasteiger partial charge in [-0.15, -0.1) is 11.3 Å². The molecule has 3 aromatic heterocycles. The predicted molar refractivity (Wildman–Crippen MR) is 88.7 cm³/mol. The molecule has 1 atom stereocenters. The fourth-order valence-electron chi connectivity index (χ4n) is 3.19. The number of aryl methyl sites for hydroxylation is 1. The highest BCUT2D eigenvalue weighted by Crippen LogP contribution is 2.39. The summed E-state index contributed by atoms with van der Waals surface area (Å²) in [5, 5.41) is 6.24. The van der Waals surface area contributed by atoms with Gasteiger partial charge in [-0.3, -0.25) is 4.98 Å². The molecule has 3 aromatic rings. The third-order valence-electron chi connectivity index (χ3n) is 4.41. The standard InChI is InChI=1S/C17H15F3N4S/c1-10-2-3-13-12(8-10)15(17(18,19)20)24(23-13)16-22-14(9-25-16)11-4-6-21-7-5-11/h4-7,9-10H,2-3,8H2,1H3/t10-/m0/s1. The zero-order valence-corrected chi connectivity index (χ0v) is 14.2. The van der Waals surface area contributed by atoms with Gasteiger partial charge in [0.25, 0.3) is 0 Å². The number of rotatable bonds is 2. The highest BCUT2D eigenvalue weighted by atomic mass is 32.1. The van der Waals surface area contributed by atoms with E-state index >= 15 is 0 Å². The fraction of sp³-hybridized carbons (Fsp3) is 0.353. The van der Waals surface area contributed by atoms with Crippen molar-refractivity contribution in [3.8, 4) is 16.4 Å². The molecule has 0 N–H and O–H groups in total. The number of hydrogen-bond donors (Lipinski definition) is 0. The molecule has 1 aliphatic carbocycles. The molecule has 0 spiro atoms. The van der Waals surface area contributed by atoms with Gasteiger partial charge < -0.3 is 0 Å². The Morgan fingerprint density at radius 3 is 2.72 bits per heavy atom. The molecule has 0 unspecified atom stereocenters. The summed E-state index contributed by atoms with van der Waals surface area (Å²) < 4.78 is 42.1. The van der Waals surface area contributed by atoms with Crippen LogP contribution in [0, 0.1) is 5.92 Å². The van der Waals surface area contributed by atoms with Gasteiger partial charge >= 0.3 is 6.18 Å². The van der Waals surface area contributed by atoms with Crippen LogP contribution in [0.2, 0.25) is 0 Å². The number of aromatic nitrogens is 4. The molecular formula is C17H15F3N4S. The molecule has 4 rings (SSSR count). The molecule has 0 aromatic carbocycles. The van der Waals surface area contributed by atoms with Crippen LogP contribution < -0.4 is 0 Å². The van der Waals surface area contributed by atoms with Gasteiger partial charge in [0, 0.05) is 28.9 Å². The first kappa shape index (κ1) is 16.3. The highest BCUT2D eigenvalue weighted by molar-refractivity contribution is 7.12. The van der Waals surface area contributed by atoms with E-state index in [1.165, 1.54) is 0 Å². The Kier molecular flexibility index (Phi) is 3.87. The Hall–Kier alpha value is -2.22. The number of hydrogen-bond acceptors (Lipinski definition) is 4. The lowest BCUT2D eigenvalue weighted by atomic mass is 9.87. The third kappa shape index (κ3) is 2.95. The molecule has 0 radical (unpaired) electrons. The van der Waals surface area contributed by atoms with Gasteiger partial charge in [0.05, 0.1) is 11.4 Å². The zero-order valence-electron chi connectivity index (χ0n) is 13.4. The lowest BCUT2D eigenvalue weighted by Gasteiger charge is -2.18.